The lowest BCUT2D eigenvalue weighted by molar-refractivity contribution is 0.468. The van der Waals surface area contributed by atoms with Crippen molar-refractivity contribution in [2.45, 2.75) is 38.4 Å². The molecule has 2 rings (SSSR count). The summed E-state index contributed by atoms with van der Waals surface area (Å²) in [5, 5.41) is 1.11. The zero-order valence-electron chi connectivity index (χ0n) is 11.6. The van der Waals surface area contributed by atoms with Gasteiger partial charge in [0.1, 0.15) is 0 Å². The summed E-state index contributed by atoms with van der Waals surface area (Å²) in [5.74, 6) is 0. The van der Waals surface area contributed by atoms with Gasteiger partial charge in [-0.25, -0.2) is 0 Å². The van der Waals surface area contributed by atoms with Crippen LogP contribution in [0.2, 0.25) is 18.1 Å². The molecule has 3 heteroatoms. The largest absolute Gasteiger partial charge is 0.432 e. The van der Waals surface area contributed by atoms with E-state index in [-0.39, 0.29) is 5.04 Å². The van der Waals surface area contributed by atoms with E-state index in [1.807, 2.05) is 25.4 Å². The minimum absolute atomic E-state index is 0.0567. The zero-order valence-corrected chi connectivity index (χ0v) is 12.6. The van der Waals surface area contributed by atoms with Gasteiger partial charge in [-0.3, -0.25) is 4.98 Å². The van der Waals surface area contributed by atoms with E-state index in [0.717, 1.165) is 11.9 Å². The van der Waals surface area contributed by atoms with Gasteiger partial charge < -0.3 is 4.80 Å². The first kappa shape index (κ1) is 13.2. The van der Waals surface area contributed by atoms with Gasteiger partial charge in [-0.2, -0.15) is 0 Å². The average Bonchev–Trinajstić information content (AvgIpc) is 2.27. The summed E-state index contributed by atoms with van der Waals surface area (Å²) in [6, 6.07) is 10.3. The highest BCUT2D eigenvalue weighted by atomic mass is 28.4. The summed E-state index contributed by atoms with van der Waals surface area (Å²) >= 11 is 0. The number of para-hydroxylation sites is 1. The highest BCUT2D eigenvalue weighted by Crippen LogP contribution is 2.39. The molecule has 0 fully saturated rings. The molecule has 18 heavy (non-hydrogen) atoms. The van der Waals surface area contributed by atoms with Crippen molar-refractivity contribution >= 4 is 19.2 Å². The van der Waals surface area contributed by atoms with Crippen molar-refractivity contribution in [1.82, 2.24) is 4.98 Å². The van der Waals surface area contributed by atoms with Gasteiger partial charge in [-0.1, -0.05) is 38.1 Å². The fourth-order valence-electron chi connectivity index (χ4n) is 2.00. The van der Waals surface area contributed by atoms with E-state index in [1.54, 1.807) is 0 Å². The molecule has 0 spiro atoms. The lowest BCUT2D eigenvalue weighted by Crippen LogP contribution is -2.40. The van der Waals surface area contributed by atoms with E-state index in [1.165, 1.54) is 10.9 Å². The van der Waals surface area contributed by atoms with E-state index >= 15 is 0 Å². The quantitative estimate of drug-likeness (QED) is 0.851. The maximum Gasteiger partial charge on any atom is 0.188 e. The fraction of sp³-hybridized carbons (Fsp3) is 0.400. The predicted octanol–water partition coefficient (Wildman–Crippen LogP) is 3.75. The Kier molecular flexibility index (Phi) is 3.30. The Bertz CT molecular complexity index is 552. The molecule has 0 saturated carbocycles. The first-order valence-corrected chi connectivity index (χ1v) is 9.31. The van der Waals surface area contributed by atoms with Gasteiger partial charge in [-0.15, -0.1) is 0 Å². The van der Waals surface area contributed by atoms with E-state index in [4.69, 9.17) is 0 Å². The average molecular weight is 259 g/mol. The number of rotatable bonds is 3. The maximum absolute atomic E-state index is 10.4. The van der Waals surface area contributed by atoms with Crippen LogP contribution in [0.5, 0.6) is 0 Å². The van der Waals surface area contributed by atoms with Crippen LogP contribution in [0.4, 0.5) is 0 Å². The van der Waals surface area contributed by atoms with E-state index in [0.29, 0.717) is 0 Å². The standard InChI is InChI=1S/C15H21NOSi/c1-15(2,18(3,4)17)11-13-8-5-7-12-9-6-10-16-14(12)13/h5-10,17H,11H2,1-4H3. The van der Waals surface area contributed by atoms with Gasteiger partial charge >= 0.3 is 0 Å². The second kappa shape index (κ2) is 4.48. The number of aromatic nitrogens is 1. The van der Waals surface area contributed by atoms with Crippen molar-refractivity contribution in [3.05, 3.63) is 42.1 Å². The fourth-order valence-corrected chi connectivity index (χ4v) is 2.63. The highest BCUT2D eigenvalue weighted by Gasteiger charge is 2.38. The Balaban J connectivity index is 2.44. The number of fused-ring (bicyclic) bond motifs is 1. The highest BCUT2D eigenvalue weighted by molar-refractivity contribution is 6.72. The van der Waals surface area contributed by atoms with Gasteiger partial charge in [0.05, 0.1) is 5.52 Å². The molecule has 0 aliphatic heterocycles. The Hall–Kier alpha value is -1.19. The lowest BCUT2D eigenvalue weighted by atomic mass is 9.99. The van der Waals surface area contributed by atoms with Crippen molar-refractivity contribution in [3.63, 3.8) is 0 Å². The molecule has 0 unspecified atom stereocenters. The molecule has 0 aliphatic carbocycles. The van der Waals surface area contributed by atoms with Crippen LogP contribution in [0.15, 0.2) is 36.5 Å². The van der Waals surface area contributed by atoms with Crippen molar-refractivity contribution in [2.75, 3.05) is 0 Å². The molecule has 1 aromatic carbocycles. The molecule has 96 valence electrons. The van der Waals surface area contributed by atoms with Crippen molar-refractivity contribution in [2.24, 2.45) is 0 Å². The third-order valence-electron chi connectivity index (χ3n) is 4.00. The van der Waals surface area contributed by atoms with Crippen LogP contribution >= 0.6 is 0 Å². The SMILES string of the molecule is CC(C)(Cc1cccc2cccnc12)[Si](C)(C)O. The van der Waals surface area contributed by atoms with Crippen molar-refractivity contribution < 1.29 is 4.80 Å². The summed E-state index contributed by atoms with van der Waals surface area (Å²) < 4.78 is 0. The topological polar surface area (TPSA) is 33.1 Å². The number of pyridine rings is 1. The summed E-state index contributed by atoms with van der Waals surface area (Å²) in [6.45, 7) is 8.32. The van der Waals surface area contributed by atoms with Gasteiger partial charge in [-0.05, 0) is 36.2 Å². The Labute approximate surface area is 110 Å². The third-order valence-corrected chi connectivity index (χ3v) is 7.49. The summed E-state index contributed by atoms with van der Waals surface area (Å²) in [5.41, 5.74) is 2.29. The molecule has 1 heterocycles. The summed E-state index contributed by atoms with van der Waals surface area (Å²) in [6.07, 6.45) is 2.71. The van der Waals surface area contributed by atoms with Gasteiger partial charge in [0, 0.05) is 11.6 Å². The first-order valence-electron chi connectivity index (χ1n) is 6.36. The first-order chi connectivity index (χ1) is 8.31. The predicted molar refractivity (Wildman–Crippen MR) is 79.2 cm³/mol. The molecule has 0 radical (unpaired) electrons. The minimum atomic E-state index is -2.18. The van der Waals surface area contributed by atoms with Crippen LogP contribution in [0.1, 0.15) is 19.4 Å². The van der Waals surface area contributed by atoms with E-state index in [2.05, 4.69) is 43.1 Å². The number of nitrogens with zero attached hydrogens (tertiary/aromatic N) is 1. The Morgan fingerprint density at radius 1 is 1.17 bits per heavy atom. The molecule has 0 saturated heterocycles. The molecule has 1 aromatic heterocycles. The second-order valence-corrected chi connectivity index (χ2v) is 10.6. The molecule has 2 aromatic rings. The maximum atomic E-state index is 10.4. The monoisotopic (exact) mass is 259 g/mol. The van der Waals surface area contributed by atoms with E-state index in [9.17, 15) is 4.80 Å². The van der Waals surface area contributed by atoms with Crippen LogP contribution in [-0.4, -0.2) is 18.1 Å². The van der Waals surface area contributed by atoms with E-state index < -0.39 is 8.32 Å². The molecule has 0 amide bonds. The molecule has 0 atom stereocenters. The molecule has 0 bridgehead atoms. The smallest absolute Gasteiger partial charge is 0.188 e. The van der Waals surface area contributed by atoms with Gasteiger partial charge in [0.2, 0.25) is 0 Å². The molecule has 1 N–H and O–H groups in total. The molecule has 2 nitrogen and oxygen atoms in total. The minimum Gasteiger partial charge on any atom is -0.432 e. The van der Waals surface area contributed by atoms with Crippen LogP contribution in [-0.2, 0) is 6.42 Å². The van der Waals surface area contributed by atoms with Gasteiger partial charge in [0.25, 0.3) is 0 Å². The Morgan fingerprint density at radius 3 is 2.50 bits per heavy atom. The molecular formula is C15H21NOSi. The number of hydrogen-bond donors (Lipinski definition) is 1. The molecular weight excluding hydrogens is 238 g/mol. The lowest BCUT2D eigenvalue weighted by Gasteiger charge is -2.35. The van der Waals surface area contributed by atoms with Crippen LogP contribution in [0.3, 0.4) is 0 Å². The van der Waals surface area contributed by atoms with Gasteiger partial charge in [0.15, 0.2) is 8.32 Å². The van der Waals surface area contributed by atoms with Crippen LogP contribution in [0.25, 0.3) is 10.9 Å². The van der Waals surface area contributed by atoms with Crippen LogP contribution < -0.4 is 0 Å². The Morgan fingerprint density at radius 2 is 1.83 bits per heavy atom. The molecule has 0 aliphatic rings. The number of benzene rings is 1. The normalized spacial score (nSPS) is 12.9. The van der Waals surface area contributed by atoms with Crippen molar-refractivity contribution in [1.29, 1.82) is 0 Å². The number of hydrogen-bond acceptors (Lipinski definition) is 2. The summed E-state index contributed by atoms with van der Waals surface area (Å²) in [7, 11) is -2.18. The summed E-state index contributed by atoms with van der Waals surface area (Å²) in [4.78, 5) is 14.9. The van der Waals surface area contributed by atoms with Crippen molar-refractivity contribution in [3.8, 4) is 0 Å². The van der Waals surface area contributed by atoms with Crippen LogP contribution in [0, 0.1) is 0 Å². The zero-order chi connectivity index (χ0) is 13.4. The third kappa shape index (κ3) is 2.47. The second-order valence-electron chi connectivity index (χ2n) is 6.11.